The SMILES string of the molecule is CC(CCN(C)C)NS(=O)(=O)c1[nH]ncc1CN. The highest BCUT2D eigenvalue weighted by Crippen LogP contribution is 2.11. The Hall–Kier alpha value is -0.960. The Balaban J connectivity index is 2.70. The van der Waals surface area contributed by atoms with Crippen molar-refractivity contribution in [1.29, 1.82) is 0 Å². The van der Waals surface area contributed by atoms with E-state index < -0.39 is 10.0 Å². The molecule has 0 spiro atoms. The number of H-pyrrole nitrogens is 1. The van der Waals surface area contributed by atoms with Crippen molar-refractivity contribution < 1.29 is 8.42 Å². The summed E-state index contributed by atoms with van der Waals surface area (Å²) in [7, 11) is 0.321. The molecule has 104 valence electrons. The number of aromatic amines is 1. The van der Waals surface area contributed by atoms with Gasteiger partial charge in [0.2, 0.25) is 0 Å². The second-order valence-electron chi connectivity index (χ2n) is 4.54. The lowest BCUT2D eigenvalue weighted by molar-refractivity contribution is 0.378. The van der Waals surface area contributed by atoms with Gasteiger partial charge in [0, 0.05) is 18.2 Å². The van der Waals surface area contributed by atoms with Crippen LogP contribution in [0.1, 0.15) is 18.9 Å². The Kier molecular flexibility index (Phi) is 5.27. The van der Waals surface area contributed by atoms with E-state index in [-0.39, 0.29) is 17.6 Å². The largest absolute Gasteiger partial charge is 0.326 e. The summed E-state index contributed by atoms with van der Waals surface area (Å²) in [5, 5.41) is 6.24. The first-order valence-electron chi connectivity index (χ1n) is 5.76. The summed E-state index contributed by atoms with van der Waals surface area (Å²) in [6.45, 7) is 2.79. The van der Waals surface area contributed by atoms with Crippen molar-refractivity contribution in [2.45, 2.75) is 31.0 Å². The third-order valence-electron chi connectivity index (χ3n) is 2.53. The number of rotatable bonds is 7. The van der Waals surface area contributed by atoms with E-state index in [0.29, 0.717) is 5.56 Å². The van der Waals surface area contributed by atoms with E-state index in [0.717, 1.165) is 13.0 Å². The minimum atomic E-state index is -3.57. The second kappa shape index (κ2) is 6.28. The lowest BCUT2D eigenvalue weighted by Crippen LogP contribution is -2.35. The number of nitrogens with one attached hydrogen (secondary N) is 2. The first-order valence-corrected chi connectivity index (χ1v) is 7.24. The molecule has 0 saturated heterocycles. The number of sulfonamides is 1. The molecule has 0 bridgehead atoms. The number of nitrogens with zero attached hydrogens (tertiary/aromatic N) is 2. The Labute approximate surface area is 108 Å². The van der Waals surface area contributed by atoms with Crippen molar-refractivity contribution in [3.05, 3.63) is 11.8 Å². The molecule has 0 radical (unpaired) electrons. The Morgan fingerprint density at radius 3 is 2.78 bits per heavy atom. The summed E-state index contributed by atoms with van der Waals surface area (Å²) in [6.07, 6.45) is 2.16. The van der Waals surface area contributed by atoms with E-state index in [2.05, 4.69) is 14.9 Å². The highest BCUT2D eigenvalue weighted by Gasteiger charge is 2.22. The fraction of sp³-hybridized carbons (Fsp3) is 0.700. The molecule has 1 aromatic rings. The highest BCUT2D eigenvalue weighted by atomic mass is 32.2. The zero-order valence-corrected chi connectivity index (χ0v) is 11.8. The third-order valence-corrected chi connectivity index (χ3v) is 4.14. The number of nitrogens with two attached hydrogens (primary N) is 1. The normalized spacial score (nSPS) is 14.1. The molecule has 0 aliphatic rings. The molecule has 8 heteroatoms. The predicted molar refractivity (Wildman–Crippen MR) is 69.4 cm³/mol. The second-order valence-corrected chi connectivity index (χ2v) is 6.19. The van der Waals surface area contributed by atoms with Gasteiger partial charge < -0.3 is 10.6 Å². The summed E-state index contributed by atoms with van der Waals surface area (Å²) in [5.41, 5.74) is 5.95. The first-order chi connectivity index (χ1) is 8.36. The Morgan fingerprint density at radius 2 is 2.22 bits per heavy atom. The Morgan fingerprint density at radius 1 is 1.56 bits per heavy atom. The Bertz CT molecular complexity index is 468. The van der Waals surface area contributed by atoms with Gasteiger partial charge in [0.1, 0.15) is 0 Å². The van der Waals surface area contributed by atoms with Crippen molar-refractivity contribution >= 4 is 10.0 Å². The van der Waals surface area contributed by atoms with Crippen LogP contribution in [0.3, 0.4) is 0 Å². The quantitative estimate of drug-likeness (QED) is 0.621. The van der Waals surface area contributed by atoms with Gasteiger partial charge in [-0.25, -0.2) is 13.1 Å². The fourth-order valence-corrected chi connectivity index (χ4v) is 2.93. The summed E-state index contributed by atoms with van der Waals surface area (Å²) in [4.78, 5) is 2.01. The van der Waals surface area contributed by atoms with Crippen LogP contribution in [-0.2, 0) is 16.6 Å². The van der Waals surface area contributed by atoms with Gasteiger partial charge in [0.25, 0.3) is 10.0 Å². The van der Waals surface area contributed by atoms with E-state index in [4.69, 9.17) is 5.73 Å². The average Bonchev–Trinajstić information content (AvgIpc) is 2.74. The van der Waals surface area contributed by atoms with Crippen LogP contribution in [0.4, 0.5) is 0 Å². The lowest BCUT2D eigenvalue weighted by atomic mass is 10.2. The standard InChI is InChI=1S/C10H21N5O2S/c1-8(4-5-15(2)3)14-18(16,17)10-9(6-11)7-12-13-10/h7-8,14H,4-6,11H2,1-3H3,(H,12,13). The van der Waals surface area contributed by atoms with Gasteiger partial charge in [-0.05, 0) is 34.0 Å². The highest BCUT2D eigenvalue weighted by molar-refractivity contribution is 7.89. The summed E-state index contributed by atoms with van der Waals surface area (Å²) in [5.74, 6) is 0. The molecular formula is C10H21N5O2S. The van der Waals surface area contributed by atoms with E-state index in [1.54, 1.807) is 0 Å². The number of hydrogen-bond donors (Lipinski definition) is 3. The van der Waals surface area contributed by atoms with Gasteiger partial charge in [-0.15, -0.1) is 0 Å². The van der Waals surface area contributed by atoms with Gasteiger partial charge in [-0.1, -0.05) is 0 Å². The van der Waals surface area contributed by atoms with E-state index in [1.165, 1.54) is 6.20 Å². The van der Waals surface area contributed by atoms with Gasteiger partial charge in [-0.2, -0.15) is 5.10 Å². The van der Waals surface area contributed by atoms with E-state index in [1.807, 2.05) is 25.9 Å². The van der Waals surface area contributed by atoms with E-state index in [9.17, 15) is 8.42 Å². The molecule has 0 aromatic carbocycles. The minimum Gasteiger partial charge on any atom is -0.326 e. The maximum atomic E-state index is 12.1. The van der Waals surface area contributed by atoms with Crippen LogP contribution in [-0.4, -0.2) is 50.2 Å². The van der Waals surface area contributed by atoms with Crippen LogP contribution in [0.2, 0.25) is 0 Å². The molecule has 1 rings (SSSR count). The van der Waals surface area contributed by atoms with Crippen molar-refractivity contribution in [2.24, 2.45) is 5.73 Å². The van der Waals surface area contributed by atoms with Crippen molar-refractivity contribution in [2.75, 3.05) is 20.6 Å². The zero-order valence-electron chi connectivity index (χ0n) is 11.0. The molecule has 0 aliphatic carbocycles. The maximum absolute atomic E-state index is 12.1. The zero-order chi connectivity index (χ0) is 13.8. The van der Waals surface area contributed by atoms with Crippen LogP contribution in [0.25, 0.3) is 0 Å². The van der Waals surface area contributed by atoms with Crippen molar-refractivity contribution in [1.82, 2.24) is 19.8 Å². The fourth-order valence-electron chi connectivity index (χ4n) is 1.51. The molecule has 7 nitrogen and oxygen atoms in total. The van der Waals surface area contributed by atoms with E-state index >= 15 is 0 Å². The predicted octanol–water partition coefficient (Wildman–Crippen LogP) is -0.513. The van der Waals surface area contributed by atoms with Crippen molar-refractivity contribution in [3.63, 3.8) is 0 Å². The molecule has 1 unspecified atom stereocenters. The lowest BCUT2D eigenvalue weighted by Gasteiger charge is -2.16. The number of hydrogen-bond acceptors (Lipinski definition) is 5. The van der Waals surface area contributed by atoms with Crippen LogP contribution in [0.15, 0.2) is 11.2 Å². The molecule has 1 heterocycles. The first kappa shape index (κ1) is 15.1. The van der Waals surface area contributed by atoms with Gasteiger partial charge in [-0.3, -0.25) is 5.10 Å². The summed E-state index contributed by atoms with van der Waals surface area (Å²) < 4.78 is 26.8. The molecule has 0 aliphatic heterocycles. The molecule has 0 fully saturated rings. The van der Waals surface area contributed by atoms with Crippen molar-refractivity contribution in [3.8, 4) is 0 Å². The van der Waals surface area contributed by atoms with Crippen LogP contribution in [0, 0.1) is 0 Å². The van der Waals surface area contributed by atoms with Crippen LogP contribution >= 0.6 is 0 Å². The smallest absolute Gasteiger partial charge is 0.258 e. The minimum absolute atomic E-state index is 0.0571. The number of aromatic nitrogens is 2. The molecule has 0 amide bonds. The van der Waals surface area contributed by atoms with Gasteiger partial charge in [0.15, 0.2) is 5.03 Å². The molecule has 1 atom stereocenters. The monoisotopic (exact) mass is 275 g/mol. The van der Waals surface area contributed by atoms with Crippen LogP contribution in [0.5, 0.6) is 0 Å². The molecule has 1 aromatic heterocycles. The summed E-state index contributed by atoms with van der Waals surface area (Å²) in [6, 6.07) is -0.147. The average molecular weight is 275 g/mol. The molecular weight excluding hydrogens is 254 g/mol. The van der Waals surface area contributed by atoms with Crippen LogP contribution < -0.4 is 10.5 Å². The van der Waals surface area contributed by atoms with Gasteiger partial charge >= 0.3 is 0 Å². The topological polar surface area (TPSA) is 104 Å². The third kappa shape index (κ3) is 4.05. The summed E-state index contributed by atoms with van der Waals surface area (Å²) >= 11 is 0. The molecule has 18 heavy (non-hydrogen) atoms. The maximum Gasteiger partial charge on any atom is 0.258 e. The molecule has 4 N–H and O–H groups in total. The molecule has 0 saturated carbocycles. The van der Waals surface area contributed by atoms with Gasteiger partial charge in [0.05, 0.1) is 6.20 Å².